The third-order valence-electron chi connectivity index (χ3n) is 4.89. The molecule has 1 fully saturated rings. The van der Waals surface area contributed by atoms with Crippen LogP contribution in [0.25, 0.3) is 0 Å². The number of nitrogens with one attached hydrogen (secondary N) is 1. The highest BCUT2D eigenvalue weighted by atomic mass is 33.1. The minimum Gasteiger partial charge on any atom is -0.463 e. The molecule has 2 heterocycles. The van der Waals surface area contributed by atoms with Crippen molar-refractivity contribution in [1.29, 1.82) is 0 Å². The molecule has 0 aromatic carbocycles. The van der Waals surface area contributed by atoms with Crippen LogP contribution >= 0.6 is 21.6 Å². The number of imide groups is 1. The summed E-state index contributed by atoms with van der Waals surface area (Å²) in [7, 11) is -2.28. The number of aromatic nitrogens is 1. The summed E-state index contributed by atoms with van der Waals surface area (Å²) < 4.78 is 39.3. The maximum Gasteiger partial charge on any atom is 0.351 e. The van der Waals surface area contributed by atoms with Gasteiger partial charge in [-0.3, -0.25) is 18.9 Å². The van der Waals surface area contributed by atoms with Crippen LogP contribution in [0.1, 0.15) is 45.4 Å². The van der Waals surface area contributed by atoms with Crippen molar-refractivity contribution < 1.29 is 36.9 Å². The Kier molecular flexibility index (Phi) is 10.8. The van der Waals surface area contributed by atoms with Crippen LogP contribution < -0.4 is 5.32 Å². The van der Waals surface area contributed by atoms with E-state index in [1.807, 2.05) is 18.2 Å². The van der Waals surface area contributed by atoms with Gasteiger partial charge in [0.1, 0.15) is 5.03 Å². The fourth-order valence-corrected chi connectivity index (χ4v) is 6.29. The normalized spacial score (nSPS) is 15.8. The lowest BCUT2D eigenvalue weighted by Gasteiger charge is -2.35. The third kappa shape index (κ3) is 7.17. The first-order valence-corrected chi connectivity index (χ1v) is 14.4. The topological polar surface area (TPSA) is 160 Å². The fraction of sp³-hybridized carbons (Fsp3) is 0.550. The quantitative estimate of drug-likeness (QED) is 0.118. The van der Waals surface area contributed by atoms with Crippen LogP contribution in [0, 0.1) is 0 Å². The first-order valence-electron chi connectivity index (χ1n) is 10.6. The van der Waals surface area contributed by atoms with Gasteiger partial charge in [0.15, 0.2) is 0 Å². The van der Waals surface area contributed by atoms with Gasteiger partial charge in [-0.05, 0) is 49.1 Å². The number of carbonyl (C=O) groups is 4. The standard InChI is InChI=1S/C20H27N3O8S3/c1-2-31-19(27)20(34(28,29)30,23-17(25)8-9-18(23)26)11-4-6-12-21-15(24)10-14-32-33-16-7-3-5-13-22-16/h3,5,7,13H,2,4,6,8-12,14H2,1H3,(H,21,24)(H,28,29,30). The van der Waals surface area contributed by atoms with Gasteiger partial charge in [0.2, 0.25) is 17.7 Å². The van der Waals surface area contributed by atoms with Crippen LogP contribution in [0.15, 0.2) is 29.4 Å². The van der Waals surface area contributed by atoms with Gasteiger partial charge in [-0.1, -0.05) is 16.9 Å². The van der Waals surface area contributed by atoms with Crippen molar-refractivity contribution in [3.05, 3.63) is 24.4 Å². The third-order valence-corrected chi connectivity index (χ3v) is 8.57. The Labute approximate surface area is 205 Å². The number of unbranched alkanes of at least 4 members (excludes halogenated alkanes) is 1. The van der Waals surface area contributed by atoms with Gasteiger partial charge in [-0.25, -0.2) is 14.7 Å². The Hall–Kier alpha value is -2.16. The van der Waals surface area contributed by atoms with Crippen LogP contribution in [0.3, 0.4) is 0 Å². The first kappa shape index (κ1) is 28.1. The largest absolute Gasteiger partial charge is 0.463 e. The molecule has 2 N–H and O–H groups in total. The maximum atomic E-state index is 12.6. The summed E-state index contributed by atoms with van der Waals surface area (Å²) in [5, 5.41) is 3.53. The molecule has 0 aliphatic carbocycles. The number of ether oxygens (including phenoxy) is 1. The van der Waals surface area contributed by atoms with E-state index < -0.39 is 39.2 Å². The average Bonchev–Trinajstić information content (AvgIpc) is 3.12. The van der Waals surface area contributed by atoms with Crippen molar-refractivity contribution in [3.8, 4) is 0 Å². The first-order chi connectivity index (χ1) is 16.1. The number of hydrogen-bond donors (Lipinski definition) is 2. The Bertz CT molecular complexity index is 974. The molecular weight excluding hydrogens is 506 g/mol. The molecule has 1 aromatic heterocycles. The summed E-state index contributed by atoms with van der Waals surface area (Å²) in [4.78, 5) is 50.8. The van der Waals surface area contributed by atoms with Crippen molar-refractivity contribution in [1.82, 2.24) is 15.2 Å². The van der Waals surface area contributed by atoms with E-state index in [1.165, 1.54) is 28.5 Å². The molecule has 34 heavy (non-hydrogen) atoms. The smallest absolute Gasteiger partial charge is 0.351 e. The summed E-state index contributed by atoms with van der Waals surface area (Å²) in [5.74, 6) is -2.77. The molecule has 3 amide bonds. The number of esters is 1. The highest BCUT2D eigenvalue weighted by Crippen LogP contribution is 2.34. The number of carbonyl (C=O) groups excluding carboxylic acids is 4. The van der Waals surface area contributed by atoms with E-state index in [4.69, 9.17) is 4.74 Å². The van der Waals surface area contributed by atoms with Gasteiger partial charge in [0.25, 0.3) is 4.87 Å². The van der Waals surface area contributed by atoms with E-state index in [1.54, 1.807) is 6.20 Å². The predicted molar refractivity (Wildman–Crippen MR) is 126 cm³/mol. The predicted octanol–water partition coefficient (Wildman–Crippen LogP) is 1.79. The molecular formula is C20H27N3O8S3. The highest BCUT2D eigenvalue weighted by Gasteiger charge is 2.61. The number of hydrogen-bond acceptors (Lipinski definition) is 10. The SMILES string of the molecule is CCOC(=O)C(CCCCNC(=O)CCSSc1ccccn1)(N1C(=O)CCC1=O)S(=O)(=O)O. The van der Waals surface area contributed by atoms with E-state index in [0.29, 0.717) is 10.7 Å². The zero-order valence-corrected chi connectivity index (χ0v) is 21.0. The Morgan fingerprint density at radius 3 is 2.53 bits per heavy atom. The fourth-order valence-electron chi connectivity index (χ4n) is 3.32. The minimum absolute atomic E-state index is 0.0141. The van der Waals surface area contributed by atoms with Crippen molar-refractivity contribution in [2.24, 2.45) is 0 Å². The molecule has 0 saturated carbocycles. The van der Waals surface area contributed by atoms with Gasteiger partial charge in [0, 0.05) is 37.8 Å². The second-order valence-corrected chi connectivity index (χ2v) is 11.3. The Morgan fingerprint density at radius 2 is 1.94 bits per heavy atom. The molecule has 2 rings (SSSR count). The van der Waals surface area contributed by atoms with E-state index in [0.717, 1.165) is 5.03 Å². The molecule has 1 aliphatic heterocycles. The number of pyridine rings is 1. The lowest BCUT2D eigenvalue weighted by Crippen LogP contribution is -2.62. The van der Waals surface area contributed by atoms with Crippen molar-refractivity contribution in [2.45, 2.75) is 55.3 Å². The summed E-state index contributed by atoms with van der Waals surface area (Å²) in [6.07, 6.45) is 1.14. The van der Waals surface area contributed by atoms with Crippen LogP contribution in [0.5, 0.6) is 0 Å². The Balaban J connectivity index is 1.88. The summed E-state index contributed by atoms with van der Waals surface area (Å²) >= 11 is 0. The molecule has 188 valence electrons. The van der Waals surface area contributed by atoms with Crippen LogP contribution in [0.4, 0.5) is 0 Å². The number of nitrogens with zero attached hydrogens (tertiary/aromatic N) is 2. The van der Waals surface area contributed by atoms with Gasteiger partial charge in [-0.15, -0.1) is 0 Å². The highest BCUT2D eigenvalue weighted by molar-refractivity contribution is 8.76. The van der Waals surface area contributed by atoms with Crippen molar-refractivity contribution >= 4 is 55.4 Å². The van der Waals surface area contributed by atoms with E-state index in [-0.39, 0.29) is 51.2 Å². The molecule has 1 aliphatic rings. The lowest BCUT2D eigenvalue weighted by molar-refractivity contribution is -0.161. The second kappa shape index (κ2) is 13.1. The van der Waals surface area contributed by atoms with Crippen molar-refractivity contribution in [3.63, 3.8) is 0 Å². The van der Waals surface area contributed by atoms with Crippen molar-refractivity contribution in [2.75, 3.05) is 18.9 Å². The minimum atomic E-state index is -5.23. The molecule has 1 unspecified atom stereocenters. The monoisotopic (exact) mass is 533 g/mol. The van der Waals surface area contributed by atoms with E-state index >= 15 is 0 Å². The molecule has 0 spiro atoms. The second-order valence-electron chi connectivity index (χ2n) is 7.23. The molecule has 14 heteroatoms. The number of amides is 3. The van der Waals surface area contributed by atoms with Crippen LogP contribution in [0.2, 0.25) is 0 Å². The summed E-state index contributed by atoms with van der Waals surface area (Å²) in [6.45, 7) is 1.41. The van der Waals surface area contributed by atoms with Gasteiger partial charge in [0.05, 0.1) is 6.61 Å². The molecule has 0 bridgehead atoms. The molecule has 1 atom stereocenters. The summed E-state index contributed by atoms with van der Waals surface area (Å²) in [6, 6.07) is 5.55. The number of likely N-dealkylation sites (tertiary alicyclic amines) is 1. The maximum absolute atomic E-state index is 12.6. The Morgan fingerprint density at radius 1 is 1.24 bits per heavy atom. The van der Waals surface area contributed by atoms with E-state index in [9.17, 15) is 32.1 Å². The molecule has 1 aromatic rings. The number of rotatable bonds is 14. The van der Waals surface area contributed by atoms with Gasteiger partial charge >= 0.3 is 16.1 Å². The molecule has 1 saturated heterocycles. The average molecular weight is 534 g/mol. The zero-order valence-electron chi connectivity index (χ0n) is 18.6. The van der Waals surface area contributed by atoms with E-state index in [2.05, 4.69) is 10.3 Å². The zero-order chi connectivity index (χ0) is 25.2. The van der Waals surface area contributed by atoms with Crippen LogP contribution in [-0.2, 0) is 34.0 Å². The molecule has 0 radical (unpaired) electrons. The van der Waals surface area contributed by atoms with Crippen LogP contribution in [-0.4, -0.2) is 70.3 Å². The van der Waals surface area contributed by atoms with Gasteiger partial charge in [-0.2, -0.15) is 8.42 Å². The molecule has 11 nitrogen and oxygen atoms in total. The lowest BCUT2D eigenvalue weighted by atomic mass is 10.1. The summed E-state index contributed by atoms with van der Waals surface area (Å²) in [5.41, 5.74) is 0. The van der Waals surface area contributed by atoms with Gasteiger partial charge < -0.3 is 10.1 Å².